The molecule has 1 aromatic rings. The van der Waals surface area contributed by atoms with Gasteiger partial charge < -0.3 is 15.0 Å². The summed E-state index contributed by atoms with van der Waals surface area (Å²) >= 11 is 0. The van der Waals surface area contributed by atoms with Crippen molar-refractivity contribution in [3.63, 3.8) is 0 Å². The summed E-state index contributed by atoms with van der Waals surface area (Å²) in [5.74, 6) is -0.157. The standard InChI is InChI=1S/C15H23FN2O/c1-3-17-10-12-6-4-8-14(16)15(12)18(2)11-13-7-5-9-19-13/h4,6,8,13,17H,3,5,7,9-11H2,1-2H3. The maximum absolute atomic E-state index is 14.1. The van der Waals surface area contributed by atoms with Gasteiger partial charge in [-0.3, -0.25) is 0 Å². The molecule has 1 aliphatic heterocycles. The average Bonchev–Trinajstić information content (AvgIpc) is 2.89. The molecule has 1 unspecified atom stereocenters. The molecule has 1 fully saturated rings. The van der Waals surface area contributed by atoms with E-state index in [2.05, 4.69) is 12.2 Å². The zero-order valence-electron chi connectivity index (χ0n) is 11.8. The molecule has 19 heavy (non-hydrogen) atoms. The molecule has 0 radical (unpaired) electrons. The lowest BCUT2D eigenvalue weighted by Gasteiger charge is -2.25. The summed E-state index contributed by atoms with van der Waals surface area (Å²) in [6.07, 6.45) is 2.41. The highest BCUT2D eigenvalue weighted by atomic mass is 19.1. The molecule has 0 amide bonds. The van der Waals surface area contributed by atoms with Crippen LogP contribution < -0.4 is 10.2 Å². The molecule has 1 aromatic carbocycles. The summed E-state index contributed by atoms with van der Waals surface area (Å²) in [6.45, 7) is 5.21. The van der Waals surface area contributed by atoms with Gasteiger partial charge in [0.2, 0.25) is 0 Å². The molecule has 1 heterocycles. The predicted molar refractivity (Wildman–Crippen MR) is 76.0 cm³/mol. The highest BCUT2D eigenvalue weighted by Crippen LogP contribution is 2.25. The topological polar surface area (TPSA) is 24.5 Å². The van der Waals surface area contributed by atoms with Crippen LogP contribution in [0.2, 0.25) is 0 Å². The lowest BCUT2D eigenvalue weighted by Crippen LogP contribution is -2.30. The van der Waals surface area contributed by atoms with Crippen molar-refractivity contribution in [1.82, 2.24) is 5.32 Å². The molecule has 0 bridgehead atoms. The number of hydrogen-bond acceptors (Lipinski definition) is 3. The highest BCUT2D eigenvalue weighted by Gasteiger charge is 2.20. The number of nitrogens with one attached hydrogen (secondary N) is 1. The Morgan fingerprint density at radius 1 is 1.47 bits per heavy atom. The summed E-state index contributed by atoms with van der Waals surface area (Å²) < 4.78 is 19.7. The van der Waals surface area contributed by atoms with E-state index >= 15 is 0 Å². The summed E-state index contributed by atoms with van der Waals surface area (Å²) in [5.41, 5.74) is 1.70. The normalized spacial score (nSPS) is 18.8. The van der Waals surface area contributed by atoms with Crippen molar-refractivity contribution < 1.29 is 9.13 Å². The number of ether oxygens (including phenoxy) is 1. The Balaban J connectivity index is 2.11. The van der Waals surface area contributed by atoms with Gasteiger partial charge in [0, 0.05) is 26.7 Å². The van der Waals surface area contributed by atoms with Crippen molar-refractivity contribution in [3.8, 4) is 0 Å². The Morgan fingerprint density at radius 2 is 2.32 bits per heavy atom. The maximum Gasteiger partial charge on any atom is 0.146 e. The fourth-order valence-corrected chi connectivity index (χ4v) is 2.57. The quantitative estimate of drug-likeness (QED) is 0.856. The minimum atomic E-state index is -0.157. The second kappa shape index (κ2) is 6.87. The van der Waals surface area contributed by atoms with Gasteiger partial charge in [-0.25, -0.2) is 4.39 Å². The van der Waals surface area contributed by atoms with Crippen LogP contribution >= 0.6 is 0 Å². The smallest absolute Gasteiger partial charge is 0.146 e. The minimum Gasteiger partial charge on any atom is -0.376 e. The summed E-state index contributed by atoms with van der Waals surface area (Å²) in [5, 5.41) is 3.26. The Labute approximate surface area is 114 Å². The van der Waals surface area contributed by atoms with Crippen LogP contribution in [-0.2, 0) is 11.3 Å². The van der Waals surface area contributed by atoms with Crippen LogP contribution in [-0.4, -0.2) is 32.8 Å². The summed E-state index contributed by atoms with van der Waals surface area (Å²) in [4.78, 5) is 1.98. The van der Waals surface area contributed by atoms with E-state index in [1.54, 1.807) is 6.07 Å². The van der Waals surface area contributed by atoms with Gasteiger partial charge in [0.15, 0.2) is 0 Å². The molecule has 0 saturated carbocycles. The van der Waals surface area contributed by atoms with Crippen LogP contribution in [0.25, 0.3) is 0 Å². The van der Waals surface area contributed by atoms with Crippen LogP contribution in [0.1, 0.15) is 25.3 Å². The number of rotatable bonds is 6. The van der Waals surface area contributed by atoms with Gasteiger partial charge in [-0.15, -0.1) is 0 Å². The van der Waals surface area contributed by atoms with Crippen LogP contribution in [0.5, 0.6) is 0 Å². The number of likely N-dealkylation sites (N-methyl/N-ethyl adjacent to an activating group) is 1. The van der Waals surface area contributed by atoms with Crippen molar-refractivity contribution in [1.29, 1.82) is 0 Å². The first-order valence-electron chi connectivity index (χ1n) is 7.03. The minimum absolute atomic E-state index is 0.157. The second-order valence-corrected chi connectivity index (χ2v) is 5.04. The fourth-order valence-electron chi connectivity index (χ4n) is 2.57. The molecule has 1 saturated heterocycles. The molecule has 0 aromatic heterocycles. The first-order valence-corrected chi connectivity index (χ1v) is 7.03. The number of nitrogens with zero attached hydrogens (tertiary/aromatic N) is 1. The molecule has 1 atom stereocenters. The van der Waals surface area contributed by atoms with Gasteiger partial charge in [0.25, 0.3) is 0 Å². The number of para-hydroxylation sites is 1. The lowest BCUT2D eigenvalue weighted by molar-refractivity contribution is 0.116. The molecule has 4 heteroatoms. The monoisotopic (exact) mass is 266 g/mol. The second-order valence-electron chi connectivity index (χ2n) is 5.04. The molecular weight excluding hydrogens is 243 g/mol. The first kappa shape index (κ1) is 14.3. The van der Waals surface area contributed by atoms with Crippen molar-refractivity contribution in [2.24, 2.45) is 0 Å². The number of benzene rings is 1. The lowest BCUT2D eigenvalue weighted by atomic mass is 10.1. The largest absolute Gasteiger partial charge is 0.376 e. The van der Waals surface area contributed by atoms with Gasteiger partial charge in [-0.1, -0.05) is 19.1 Å². The Kier molecular flexibility index (Phi) is 5.16. The molecule has 1 N–H and O–H groups in total. The van der Waals surface area contributed by atoms with E-state index in [0.29, 0.717) is 12.2 Å². The highest BCUT2D eigenvalue weighted by molar-refractivity contribution is 5.54. The third-order valence-electron chi connectivity index (χ3n) is 3.52. The SMILES string of the molecule is CCNCc1cccc(F)c1N(C)CC1CCCO1. The van der Waals surface area contributed by atoms with Crippen LogP contribution in [0.4, 0.5) is 10.1 Å². The first-order chi connectivity index (χ1) is 9.22. The third-order valence-corrected chi connectivity index (χ3v) is 3.52. The number of halogens is 1. The van der Waals surface area contributed by atoms with Crippen LogP contribution in [0.15, 0.2) is 18.2 Å². The van der Waals surface area contributed by atoms with Crippen LogP contribution in [0, 0.1) is 5.82 Å². The van der Waals surface area contributed by atoms with E-state index in [1.165, 1.54) is 6.07 Å². The van der Waals surface area contributed by atoms with E-state index in [1.807, 2.05) is 18.0 Å². The van der Waals surface area contributed by atoms with Gasteiger partial charge in [0.1, 0.15) is 5.82 Å². The van der Waals surface area contributed by atoms with Crippen molar-refractivity contribution >= 4 is 5.69 Å². The van der Waals surface area contributed by atoms with Crippen LogP contribution in [0.3, 0.4) is 0 Å². The predicted octanol–water partition coefficient (Wildman–Crippen LogP) is 2.55. The van der Waals surface area contributed by atoms with Gasteiger partial charge in [-0.2, -0.15) is 0 Å². The summed E-state index contributed by atoms with van der Waals surface area (Å²) in [6, 6.07) is 5.27. The number of hydrogen-bond donors (Lipinski definition) is 1. The molecule has 0 aliphatic carbocycles. The molecular formula is C15H23FN2O. The van der Waals surface area contributed by atoms with E-state index < -0.39 is 0 Å². The van der Waals surface area contributed by atoms with Gasteiger partial charge >= 0.3 is 0 Å². The zero-order valence-corrected chi connectivity index (χ0v) is 11.8. The Morgan fingerprint density at radius 3 is 3.00 bits per heavy atom. The number of anilines is 1. The third kappa shape index (κ3) is 3.67. The van der Waals surface area contributed by atoms with E-state index in [0.717, 1.165) is 38.1 Å². The summed E-state index contributed by atoms with van der Waals surface area (Å²) in [7, 11) is 1.94. The Bertz CT molecular complexity index is 405. The van der Waals surface area contributed by atoms with Crippen molar-refractivity contribution in [3.05, 3.63) is 29.6 Å². The fraction of sp³-hybridized carbons (Fsp3) is 0.600. The van der Waals surface area contributed by atoms with Gasteiger partial charge in [0.05, 0.1) is 11.8 Å². The van der Waals surface area contributed by atoms with E-state index in [-0.39, 0.29) is 11.9 Å². The van der Waals surface area contributed by atoms with E-state index in [4.69, 9.17) is 4.74 Å². The Hall–Kier alpha value is -1.13. The van der Waals surface area contributed by atoms with Crippen molar-refractivity contribution in [2.75, 3.05) is 31.6 Å². The van der Waals surface area contributed by atoms with E-state index in [9.17, 15) is 4.39 Å². The molecule has 1 aliphatic rings. The molecule has 0 spiro atoms. The molecule has 3 nitrogen and oxygen atoms in total. The zero-order chi connectivity index (χ0) is 13.7. The molecule has 2 rings (SSSR count). The average molecular weight is 266 g/mol. The van der Waals surface area contributed by atoms with Crippen molar-refractivity contribution in [2.45, 2.75) is 32.4 Å². The maximum atomic E-state index is 14.1. The van der Waals surface area contributed by atoms with Gasteiger partial charge in [-0.05, 0) is 31.0 Å². The molecule has 106 valence electrons.